The number of para-hydroxylation sites is 2. The summed E-state index contributed by atoms with van der Waals surface area (Å²) in [4.78, 5) is 17.4. The van der Waals surface area contributed by atoms with Crippen molar-refractivity contribution in [3.63, 3.8) is 0 Å². The lowest BCUT2D eigenvalue weighted by atomic mass is 9.90. The van der Waals surface area contributed by atoms with Crippen molar-refractivity contribution in [1.82, 2.24) is 15.0 Å². The predicted octanol–water partition coefficient (Wildman–Crippen LogP) is 12.0. The number of rotatable bonds is 9. The lowest BCUT2D eigenvalue weighted by Crippen LogP contribution is -2.28. The molecule has 7 aromatic rings. The van der Waals surface area contributed by atoms with E-state index in [9.17, 15) is 0 Å². The highest BCUT2D eigenvalue weighted by Crippen LogP contribution is 2.43. The Balaban J connectivity index is 1.42. The molecule has 1 aromatic heterocycles. The molecule has 0 bridgehead atoms. The van der Waals surface area contributed by atoms with Gasteiger partial charge in [-0.2, -0.15) is 0 Å². The van der Waals surface area contributed by atoms with E-state index in [1.54, 1.807) is 6.08 Å². The van der Waals surface area contributed by atoms with Gasteiger partial charge in [0.1, 0.15) is 0 Å². The first kappa shape index (κ1) is 33.9. The maximum atomic E-state index is 5.02. The summed E-state index contributed by atoms with van der Waals surface area (Å²) in [5.41, 5.74) is 11.7. The van der Waals surface area contributed by atoms with Crippen LogP contribution in [0.4, 0.5) is 11.4 Å². The highest BCUT2D eigenvalue weighted by molar-refractivity contribution is 5.93. The summed E-state index contributed by atoms with van der Waals surface area (Å²) in [7, 11) is 0. The molecule has 1 atom stereocenters. The van der Waals surface area contributed by atoms with Crippen LogP contribution in [0, 0.1) is 18.8 Å². The van der Waals surface area contributed by atoms with Crippen molar-refractivity contribution in [2.24, 2.45) is 0 Å². The minimum atomic E-state index is 0.271. The summed E-state index contributed by atoms with van der Waals surface area (Å²) >= 11 is 0. The van der Waals surface area contributed by atoms with E-state index in [4.69, 9.17) is 15.0 Å². The molecule has 0 N–H and O–H groups in total. The van der Waals surface area contributed by atoms with Crippen LogP contribution in [0.5, 0.6) is 0 Å². The second-order valence-corrected chi connectivity index (χ2v) is 12.8. The average Bonchev–Trinajstić information content (AvgIpc) is 3.21. The minimum absolute atomic E-state index is 0.271. The molecule has 0 radical (unpaired) electrons. The summed E-state index contributed by atoms with van der Waals surface area (Å²) in [5, 5.41) is 0. The lowest BCUT2D eigenvalue weighted by Gasteiger charge is -2.34. The smallest absolute Gasteiger partial charge is 0.164 e. The van der Waals surface area contributed by atoms with E-state index in [1.807, 2.05) is 60.7 Å². The van der Waals surface area contributed by atoms with Gasteiger partial charge in [0.15, 0.2) is 17.5 Å². The van der Waals surface area contributed by atoms with Gasteiger partial charge in [-0.15, -0.1) is 0 Å². The fraction of sp³-hybridized carbons (Fsp3) is 0.104. The Hall–Kier alpha value is -6.57. The van der Waals surface area contributed by atoms with E-state index in [0.717, 1.165) is 56.6 Å². The normalized spacial score (nSPS) is 11.3. The van der Waals surface area contributed by atoms with Crippen molar-refractivity contribution < 1.29 is 0 Å². The molecule has 0 amide bonds. The number of aromatic nitrogens is 3. The maximum absolute atomic E-state index is 5.02. The van der Waals surface area contributed by atoms with Crippen LogP contribution in [0.25, 0.3) is 56.4 Å². The predicted molar refractivity (Wildman–Crippen MR) is 217 cm³/mol. The monoisotopic (exact) mass is 672 g/mol. The van der Waals surface area contributed by atoms with Gasteiger partial charge in [0.2, 0.25) is 0 Å². The lowest BCUT2D eigenvalue weighted by molar-refractivity contribution is 0.687. The van der Waals surface area contributed by atoms with Crippen LogP contribution in [0.3, 0.4) is 0 Å². The van der Waals surface area contributed by atoms with Crippen LogP contribution in [-0.4, -0.2) is 21.0 Å². The second kappa shape index (κ2) is 15.5. The Morgan fingerprint density at radius 3 is 1.77 bits per heavy atom. The molecule has 0 fully saturated rings. The number of anilines is 2. The fourth-order valence-corrected chi connectivity index (χ4v) is 6.53. The Bertz CT molecular complexity index is 2350. The number of aryl methyl sites for hydroxylation is 1. The van der Waals surface area contributed by atoms with E-state index < -0.39 is 0 Å². The molecule has 6 aromatic carbocycles. The van der Waals surface area contributed by atoms with E-state index in [-0.39, 0.29) is 6.04 Å². The van der Waals surface area contributed by atoms with E-state index in [2.05, 4.69) is 135 Å². The van der Waals surface area contributed by atoms with Crippen molar-refractivity contribution in [1.29, 1.82) is 0 Å². The molecular weight excluding hydrogens is 633 g/mol. The van der Waals surface area contributed by atoms with Crippen LogP contribution >= 0.6 is 0 Å². The highest BCUT2D eigenvalue weighted by Gasteiger charge is 2.22. The molecule has 1 unspecified atom stereocenters. The number of hydrogen-bond donors (Lipinski definition) is 0. The Morgan fingerprint density at radius 2 is 1.13 bits per heavy atom. The van der Waals surface area contributed by atoms with Crippen LogP contribution in [0.15, 0.2) is 164 Å². The molecule has 7 rings (SSSR count). The standard InChI is InChI=1S/C48H40N4/c1-5-7-20-36-30-31-41(42-27-15-17-29-45(42)52(35(4)6-2)44-28-16-14-19-34(44)3)43(32-36)39-25-18-26-40(33-39)48-50-46(37-21-10-8-11-22-37)49-47(51-48)38-23-12-9-13-24-38/h5,8-19,21-33,35H,1,6H2,2-4H3. The van der Waals surface area contributed by atoms with Crippen molar-refractivity contribution in [3.8, 4) is 68.3 Å². The first-order chi connectivity index (χ1) is 25.5. The summed E-state index contributed by atoms with van der Waals surface area (Å²) in [6.45, 7) is 10.5. The number of nitrogens with zero attached hydrogens (tertiary/aromatic N) is 4. The fourth-order valence-electron chi connectivity index (χ4n) is 6.53. The molecule has 0 aliphatic rings. The Labute approximate surface area is 307 Å². The van der Waals surface area contributed by atoms with Gasteiger partial charge in [-0.3, -0.25) is 0 Å². The van der Waals surface area contributed by atoms with Crippen LogP contribution in [0.1, 0.15) is 31.4 Å². The zero-order valence-corrected chi connectivity index (χ0v) is 29.8. The molecule has 4 heteroatoms. The van der Waals surface area contributed by atoms with Gasteiger partial charge in [0, 0.05) is 45.2 Å². The zero-order valence-electron chi connectivity index (χ0n) is 29.8. The molecule has 0 saturated heterocycles. The van der Waals surface area contributed by atoms with Gasteiger partial charge in [0.05, 0.1) is 0 Å². The molecule has 0 aliphatic carbocycles. The third-order valence-corrected chi connectivity index (χ3v) is 9.33. The molecule has 4 nitrogen and oxygen atoms in total. The zero-order chi connectivity index (χ0) is 35.9. The minimum Gasteiger partial charge on any atom is -0.338 e. The SMILES string of the molecule is C=CC#Cc1ccc(-c2ccccc2N(c2ccccc2C)C(C)CC)c(-c2cccc(-c3nc(-c4ccccc4)nc(-c4ccccc4)n3)c2)c1. The Kier molecular flexibility index (Phi) is 10.1. The van der Waals surface area contributed by atoms with Gasteiger partial charge in [-0.25, -0.2) is 15.0 Å². The van der Waals surface area contributed by atoms with Gasteiger partial charge in [-0.1, -0.05) is 147 Å². The molecule has 252 valence electrons. The van der Waals surface area contributed by atoms with Gasteiger partial charge in [0.25, 0.3) is 0 Å². The molecule has 0 saturated carbocycles. The molecule has 1 heterocycles. The van der Waals surface area contributed by atoms with Crippen molar-refractivity contribution in [3.05, 3.63) is 175 Å². The van der Waals surface area contributed by atoms with Gasteiger partial charge in [-0.05, 0) is 78.9 Å². The average molecular weight is 673 g/mol. The molecule has 52 heavy (non-hydrogen) atoms. The number of benzene rings is 6. The topological polar surface area (TPSA) is 41.9 Å². The Morgan fingerprint density at radius 1 is 0.577 bits per heavy atom. The van der Waals surface area contributed by atoms with E-state index >= 15 is 0 Å². The van der Waals surface area contributed by atoms with E-state index in [0.29, 0.717) is 17.5 Å². The number of hydrogen-bond acceptors (Lipinski definition) is 4. The molecular formula is C48H40N4. The summed E-state index contributed by atoms with van der Waals surface area (Å²) in [5.74, 6) is 8.19. The summed E-state index contributed by atoms with van der Waals surface area (Å²) in [6.07, 6.45) is 2.63. The third-order valence-electron chi connectivity index (χ3n) is 9.33. The maximum Gasteiger partial charge on any atom is 0.164 e. The van der Waals surface area contributed by atoms with Crippen molar-refractivity contribution >= 4 is 11.4 Å². The van der Waals surface area contributed by atoms with Gasteiger partial charge >= 0.3 is 0 Å². The van der Waals surface area contributed by atoms with Crippen LogP contribution < -0.4 is 4.90 Å². The number of allylic oxidation sites excluding steroid dienone is 1. The molecule has 0 aliphatic heterocycles. The third kappa shape index (κ3) is 7.17. The molecule has 0 spiro atoms. The van der Waals surface area contributed by atoms with Gasteiger partial charge < -0.3 is 4.90 Å². The highest BCUT2D eigenvalue weighted by atomic mass is 15.2. The largest absolute Gasteiger partial charge is 0.338 e. The summed E-state index contributed by atoms with van der Waals surface area (Å²) in [6, 6.07) is 52.7. The second-order valence-electron chi connectivity index (χ2n) is 12.8. The van der Waals surface area contributed by atoms with Crippen molar-refractivity contribution in [2.75, 3.05) is 4.90 Å². The first-order valence-electron chi connectivity index (χ1n) is 17.7. The summed E-state index contributed by atoms with van der Waals surface area (Å²) < 4.78 is 0. The van der Waals surface area contributed by atoms with Crippen molar-refractivity contribution in [2.45, 2.75) is 33.2 Å². The first-order valence-corrected chi connectivity index (χ1v) is 17.7. The van der Waals surface area contributed by atoms with Crippen LogP contribution in [-0.2, 0) is 0 Å². The van der Waals surface area contributed by atoms with E-state index in [1.165, 1.54) is 11.3 Å². The quantitative estimate of drug-likeness (QED) is 0.143. The van der Waals surface area contributed by atoms with Crippen LogP contribution in [0.2, 0.25) is 0 Å².